The van der Waals surface area contributed by atoms with Gasteiger partial charge in [0.25, 0.3) is 0 Å². The zero-order valence-electron chi connectivity index (χ0n) is 12.9. The molecule has 1 N–H and O–H groups in total. The molecule has 1 atom stereocenters. The van der Waals surface area contributed by atoms with Crippen molar-refractivity contribution in [3.63, 3.8) is 0 Å². The number of urea groups is 1. The molecule has 1 aliphatic heterocycles. The molecule has 1 aliphatic carbocycles. The van der Waals surface area contributed by atoms with Gasteiger partial charge in [0.15, 0.2) is 0 Å². The third-order valence-corrected chi connectivity index (χ3v) is 4.93. The Balaban J connectivity index is 1.61. The number of hydrogen-bond acceptors (Lipinski definition) is 5. The van der Waals surface area contributed by atoms with Crippen LogP contribution in [0.4, 0.5) is 20.6 Å². The van der Waals surface area contributed by atoms with Crippen LogP contribution in [0.2, 0.25) is 0 Å². The number of aliphatic imine (C=N–C) groups is 2. The Bertz CT molecular complexity index is 824. The molecule has 0 spiro atoms. The fourth-order valence-electron chi connectivity index (χ4n) is 2.75. The summed E-state index contributed by atoms with van der Waals surface area (Å²) >= 11 is 1.15. The molecule has 0 aromatic heterocycles. The van der Waals surface area contributed by atoms with Gasteiger partial charge in [0.2, 0.25) is 11.7 Å². The van der Waals surface area contributed by atoms with Crippen LogP contribution in [0.5, 0.6) is 0 Å². The normalized spacial score (nSPS) is 19.1. The highest BCUT2D eigenvalue weighted by molar-refractivity contribution is 8.14. The Morgan fingerprint density at radius 3 is 3.00 bits per heavy atom. The lowest BCUT2D eigenvalue weighted by Crippen LogP contribution is -2.24. The maximum Gasteiger partial charge on any atom is 0.367 e. The van der Waals surface area contributed by atoms with Gasteiger partial charge in [-0.25, -0.2) is 9.79 Å². The summed E-state index contributed by atoms with van der Waals surface area (Å²) in [6, 6.07) is 2.58. The van der Waals surface area contributed by atoms with Gasteiger partial charge in [0.05, 0.1) is 15.7 Å². The summed E-state index contributed by atoms with van der Waals surface area (Å²) in [5.74, 6) is -1.41. The van der Waals surface area contributed by atoms with Crippen molar-refractivity contribution >= 4 is 45.8 Å². The first-order valence-corrected chi connectivity index (χ1v) is 8.49. The fourth-order valence-corrected chi connectivity index (χ4v) is 3.70. The van der Waals surface area contributed by atoms with Gasteiger partial charge in [0, 0.05) is 23.4 Å². The van der Waals surface area contributed by atoms with Crippen molar-refractivity contribution in [3.05, 3.63) is 34.1 Å². The quantitative estimate of drug-likeness (QED) is 0.651. The molecular weight excluding hydrogens is 351 g/mol. The molecule has 130 valence electrons. The van der Waals surface area contributed by atoms with Crippen LogP contribution in [0.1, 0.15) is 19.3 Å². The van der Waals surface area contributed by atoms with E-state index in [1.807, 2.05) is 0 Å². The molecule has 1 fully saturated rings. The molecule has 0 bridgehead atoms. The summed E-state index contributed by atoms with van der Waals surface area (Å²) in [7, 11) is 0. The predicted molar refractivity (Wildman–Crippen MR) is 91.7 cm³/mol. The van der Waals surface area contributed by atoms with E-state index in [2.05, 4.69) is 15.3 Å². The highest BCUT2D eigenvalue weighted by Gasteiger charge is 2.32. The Morgan fingerprint density at radius 1 is 1.44 bits per heavy atom. The van der Waals surface area contributed by atoms with Crippen molar-refractivity contribution in [1.29, 1.82) is 0 Å². The first-order valence-electron chi connectivity index (χ1n) is 7.50. The Hall–Kier alpha value is -2.62. The number of nitro benzene ring substituents is 1. The Kier molecular flexibility index (Phi) is 4.88. The summed E-state index contributed by atoms with van der Waals surface area (Å²) in [4.78, 5) is 41.2. The third-order valence-electron chi connectivity index (χ3n) is 3.85. The van der Waals surface area contributed by atoms with Gasteiger partial charge in [-0.3, -0.25) is 14.9 Å². The van der Waals surface area contributed by atoms with Crippen molar-refractivity contribution in [3.8, 4) is 0 Å². The summed E-state index contributed by atoms with van der Waals surface area (Å²) < 4.78 is 13.3. The van der Waals surface area contributed by atoms with Gasteiger partial charge in [-0.2, -0.15) is 9.38 Å². The number of nitro groups is 1. The smallest absolute Gasteiger partial charge is 0.325 e. The predicted octanol–water partition coefficient (Wildman–Crippen LogP) is 3.18. The third kappa shape index (κ3) is 3.90. The number of benzene rings is 1. The van der Waals surface area contributed by atoms with Crippen LogP contribution >= 0.6 is 11.8 Å². The molecule has 10 heteroatoms. The first-order chi connectivity index (χ1) is 11.9. The Labute approximate surface area is 145 Å². The van der Waals surface area contributed by atoms with E-state index in [1.54, 1.807) is 0 Å². The molecule has 1 heterocycles. The van der Waals surface area contributed by atoms with Crippen LogP contribution in [0.25, 0.3) is 0 Å². The topological polar surface area (TPSA) is 114 Å². The summed E-state index contributed by atoms with van der Waals surface area (Å²) in [5, 5.41) is 13.8. The second kappa shape index (κ2) is 7.09. The molecule has 3 rings (SSSR count). The lowest BCUT2D eigenvalue weighted by molar-refractivity contribution is -0.387. The minimum Gasteiger partial charge on any atom is -0.325 e. The number of halogens is 1. The van der Waals surface area contributed by atoms with Crippen LogP contribution < -0.4 is 5.32 Å². The van der Waals surface area contributed by atoms with Gasteiger partial charge in [-0.15, -0.1) is 0 Å². The van der Waals surface area contributed by atoms with E-state index in [0.717, 1.165) is 48.9 Å². The van der Waals surface area contributed by atoms with Crippen LogP contribution in [0.3, 0.4) is 0 Å². The fraction of sp³-hybridized carbons (Fsp3) is 0.333. The number of carbonyl (C=O) groups is 2. The van der Waals surface area contributed by atoms with Crippen molar-refractivity contribution in [1.82, 2.24) is 0 Å². The SMILES string of the molecule is O=C1N=C2CCCC2C(SCC(=O)Nc2ccc(F)c([N+](=O)[O-])c2)=N1. The van der Waals surface area contributed by atoms with Gasteiger partial charge < -0.3 is 5.32 Å². The van der Waals surface area contributed by atoms with Gasteiger partial charge in [-0.05, 0) is 31.4 Å². The number of hydrogen-bond donors (Lipinski definition) is 1. The van der Waals surface area contributed by atoms with Gasteiger partial charge >= 0.3 is 11.7 Å². The molecule has 1 aromatic carbocycles. The van der Waals surface area contributed by atoms with E-state index in [-0.39, 0.29) is 17.4 Å². The Morgan fingerprint density at radius 2 is 2.24 bits per heavy atom. The molecule has 3 amide bonds. The number of thioether (sulfide) groups is 1. The first kappa shape index (κ1) is 17.2. The number of carbonyl (C=O) groups excluding carboxylic acids is 2. The maximum absolute atomic E-state index is 13.3. The average Bonchev–Trinajstić information content (AvgIpc) is 3.02. The molecule has 0 radical (unpaired) electrons. The largest absolute Gasteiger partial charge is 0.367 e. The second-order valence-electron chi connectivity index (χ2n) is 5.54. The van der Waals surface area contributed by atoms with Gasteiger partial charge in [-0.1, -0.05) is 11.8 Å². The lowest BCUT2D eigenvalue weighted by Gasteiger charge is -2.16. The minimum absolute atomic E-state index is 0.00223. The van der Waals surface area contributed by atoms with Crippen molar-refractivity contribution in [2.75, 3.05) is 11.1 Å². The van der Waals surface area contributed by atoms with Crippen molar-refractivity contribution < 1.29 is 18.9 Å². The maximum atomic E-state index is 13.3. The number of nitrogens with zero attached hydrogens (tertiary/aromatic N) is 3. The van der Waals surface area contributed by atoms with E-state index >= 15 is 0 Å². The number of anilines is 1. The number of amides is 3. The molecule has 1 unspecified atom stereocenters. The second-order valence-corrected chi connectivity index (χ2v) is 6.54. The molecule has 2 aliphatic rings. The van der Waals surface area contributed by atoms with Crippen LogP contribution in [0, 0.1) is 21.8 Å². The van der Waals surface area contributed by atoms with E-state index in [4.69, 9.17) is 0 Å². The summed E-state index contributed by atoms with van der Waals surface area (Å²) in [6.07, 6.45) is 2.55. The van der Waals surface area contributed by atoms with Crippen molar-refractivity contribution in [2.45, 2.75) is 19.3 Å². The zero-order valence-corrected chi connectivity index (χ0v) is 13.7. The van der Waals surface area contributed by atoms with Crippen molar-refractivity contribution in [2.24, 2.45) is 15.9 Å². The van der Waals surface area contributed by atoms with E-state index in [1.165, 1.54) is 6.07 Å². The number of nitrogens with one attached hydrogen (secondary N) is 1. The molecule has 0 saturated heterocycles. The van der Waals surface area contributed by atoms with Crippen LogP contribution in [0.15, 0.2) is 28.2 Å². The highest BCUT2D eigenvalue weighted by atomic mass is 32.2. The number of fused-ring (bicyclic) bond motifs is 1. The lowest BCUT2D eigenvalue weighted by atomic mass is 10.1. The monoisotopic (exact) mass is 364 g/mol. The van der Waals surface area contributed by atoms with Crippen LogP contribution in [-0.2, 0) is 4.79 Å². The van der Waals surface area contributed by atoms with E-state index < -0.39 is 28.4 Å². The van der Waals surface area contributed by atoms with Crippen LogP contribution in [-0.4, -0.2) is 33.4 Å². The highest BCUT2D eigenvalue weighted by Crippen LogP contribution is 2.31. The van der Waals surface area contributed by atoms with Gasteiger partial charge in [0.1, 0.15) is 0 Å². The van der Waals surface area contributed by atoms with E-state index in [9.17, 15) is 24.1 Å². The standard InChI is InChI=1S/C15H13FN4O4S/c16-10-5-4-8(6-12(10)20(23)24)17-13(21)7-25-14-9-2-1-3-11(9)18-15(22)19-14/h4-6,9H,1-3,7H2,(H,17,21). The summed E-state index contributed by atoms with van der Waals surface area (Å²) in [5.41, 5.74) is 0.236. The molecule has 25 heavy (non-hydrogen) atoms. The minimum atomic E-state index is -0.972. The number of rotatable bonds is 4. The molecular formula is C15H13FN4O4S. The molecule has 1 saturated carbocycles. The molecule has 8 nitrogen and oxygen atoms in total. The molecule has 1 aromatic rings. The zero-order chi connectivity index (χ0) is 18.0. The summed E-state index contributed by atoms with van der Waals surface area (Å²) in [6.45, 7) is 0. The average molecular weight is 364 g/mol. The van der Waals surface area contributed by atoms with E-state index in [0.29, 0.717) is 5.04 Å².